The molecule has 0 saturated heterocycles. The van der Waals surface area contributed by atoms with E-state index in [-0.39, 0.29) is 6.54 Å². The third-order valence-corrected chi connectivity index (χ3v) is 3.03. The second-order valence-electron chi connectivity index (χ2n) is 4.24. The maximum atomic E-state index is 5.98. The Hall–Kier alpha value is -1.43. The quantitative estimate of drug-likeness (QED) is 0.878. The molecule has 0 aliphatic heterocycles. The van der Waals surface area contributed by atoms with E-state index in [0.717, 1.165) is 23.7 Å². The van der Waals surface area contributed by atoms with Crippen LogP contribution in [0.25, 0.3) is 0 Å². The Morgan fingerprint density at radius 2 is 2.21 bits per heavy atom. The van der Waals surface area contributed by atoms with E-state index in [2.05, 4.69) is 28.0 Å². The van der Waals surface area contributed by atoms with Crippen LogP contribution in [0.1, 0.15) is 24.2 Å². The summed E-state index contributed by atoms with van der Waals surface area (Å²) in [7, 11) is 0. The molecule has 1 heterocycles. The van der Waals surface area contributed by atoms with Gasteiger partial charge in [-0.25, -0.2) is 0 Å². The summed E-state index contributed by atoms with van der Waals surface area (Å²) in [6.07, 6.45) is 0. The van der Waals surface area contributed by atoms with Gasteiger partial charge >= 0.3 is 0 Å². The number of benzene rings is 1. The topological polar surface area (TPSA) is 68.2 Å². The minimum Gasteiger partial charge on any atom is -0.338 e. The van der Waals surface area contributed by atoms with E-state index in [1.165, 1.54) is 0 Å². The number of nitrogens with two attached hydrogens (primary N) is 1. The Morgan fingerprint density at radius 1 is 1.37 bits per heavy atom. The van der Waals surface area contributed by atoms with Crippen LogP contribution in [-0.4, -0.2) is 21.6 Å². The summed E-state index contributed by atoms with van der Waals surface area (Å²) in [4.78, 5) is 6.41. The van der Waals surface area contributed by atoms with Crippen LogP contribution in [0.15, 0.2) is 28.8 Å². The van der Waals surface area contributed by atoms with Crippen LogP contribution in [0.3, 0.4) is 0 Å². The Labute approximate surface area is 117 Å². The summed E-state index contributed by atoms with van der Waals surface area (Å²) < 4.78 is 4.99. The lowest BCUT2D eigenvalue weighted by Crippen LogP contribution is -2.23. The van der Waals surface area contributed by atoms with Crippen LogP contribution in [0.5, 0.6) is 0 Å². The molecule has 0 bridgehead atoms. The van der Waals surface area contributed by atoms with Crippen molar-refractivity contribution in [1.82, 2.24) is 15.0 Å². The number of hydrogen-bond donors (Lipinski definition) is 1. The van der Waals surface area contributed by atoms with Crippen molar-refractivity contribution in [3.8, 4) is 0 Å². The first-order valence-electron chi connectivity index (χ1n) is 6.19. The van der Waals surface area contributed by atoms with Gasteiger partial charge in [-0.1, -0.05) is 35.8 Å². The van der Waals surface area contributed by atoms with Gasteiger partial charge in [0.05, 0.1) is 13.1 Å². The number of halogens is 1. The largest absolute Gasteiger partial charge is 0.338 e. The molecular weight excluding hydrogens is 264 g/mol. The second-order valence-corrected chi connectivity index (χ2v) is 4.68. The molecule has 2 aromatic rings. The maximum absolute atomic E-state index is 5.98. The molecule has 0 atom stereocenters. The number of hydrogen-bond acceptors (Lipinski definition) is 5. The van der Waals surface area contributed by atoms with Crippen molar-refractivity contribution in [3.63, 3.8) is 0 Å². The van der Waals surface area contributed by atoms with Crippen LogP contribution in [-0.2, 0) is 19.6 Å². The van der Waals surface area contributed by atoms with Crippen LogP contribution in [0, 0.1) is 0 Å². The van der Waals surface area contributed by atoms with Gasteiger partial charge in [-0.05, 0) is 24.2 Å². The van der Waals surface area contributed by atoms with Crippen LogP contribution < -0.4 is 5.73 Å². The molecule has 102 valence electrons. The van der Waals surface area contributed by atoms with Gasteiger partial charge in [0.1, 0.15) is 0 Å². The molecule has 2 rings (SSSR count). The van der Waals surface area contributed by atoms with Crippen molar-refractivity contribution in [3.05, 3.63) is 46.6 Å². The van der Waals surface area contributed by atoms with E-state index < -0.39 is 0 Å². The molecule has 1 aromatic carbocycles. The average molecular weight is 281 g/mol. The Bertz CT molecular complexity index is 529. The highest BCUT2D eigenvalue weighted by Gasteiger charge is 2.10. The zero-order valence-electron chi connectivity index (χ0n) is 10.8. The third kappa shape index (κ3) is 4.02. The summed E-state index contributed by atoms with van der Waals surface area (Å²) >= 11 is 5.98. The van der Waals surface area contributed by atoms with Gasteiger partial charge in [0, 0.05) is 11.6 Å². The molecule has 0 unspecified atom stereocenters. The maximum Gasteiger partial charge on any atom is 0.240 e. The van der Waals surface area contributed by atoms with E-state index >= 15 is 0 Å². The number of rotatable bonds is 6. The first kappa shape index (κ1) is 14.0. The summed E-state index contributed by atoms with van der Waals surface area (Å²) in [5.74, 6) is 1.12. The van der Waals surface area contributed by atoms with Crippen LogP contribution in [0.4, 0.5) is 0 Å². The van der Waals surface area contributed by atoms with Crippen LogP contribution >= 0.6 is 11.6 Å². The summed E-state index contributed by atoms with van der Waals surface area (Å²) in [5, 5.41) is 4.65. The molecule has 0 saturated carbocycles. The summed E-state index contributed by atoms with van der Waals surface area (Å²) in [5.41, 5.74) is 6.61. The van der Waals surface area contributed by atoms with Gasteiger partial charge in [0.25, 0.3) is 0 Å². The highest BCUT2D eigenvalue weighted by Crippen LogP contribution is 2.13. The molecule has 2 N–H and O–H groups in total. The standard InChI is InChI=1S/C13H17ClN4O/c1-2-18(8-10-4-3-5-11(14)6-10)9-12-16-13(7-15)19-17-12/h3-6H,2,7-9,15H2,1H3. The van der Waals surface area contributed by atoms with Gasteiger partial charge < -0.3 is 10.3 Å². The van der Waals surface area contributed by atoms with Crippen molar-refractivity contribution in [2.24, 2.45) is 5.73 Å². The van der Waals surface area contributed by atoms with Crippen molar-refractivity contribution < 1.29 is 4.52 Å². The molecule has 19 heavy (non-hydrogen) atoms. The average Bonchev–Trinajstić information content (AvgIpc) is 2.85. The lowest BCUT2D eigenvalue weighted by molar-refractivity contribution is 0.258. The summed E-state index contributed by atoms with van der Waals surface area (Å²) in [6, 6.07) is 7.84. The second kappa shape index (κ2) is 6.65. The predicted octanol–water partition coefficient (Wildman–Crippen LogP) is 2.20. The highest BCUT2D eigenvalue weighted by molar-refractivity contribution is 6.30. The first-order chi connectivity index (χ1) is 9.21. The van der Waals surface area contributed by atoms with Gasteiger partial charge in [0.2, 0.25) is 5.89 Å². The van der Waals surface area contributed by atoms with Gasteiger partial charge in [-0.3, -0.25) is 4.90 Å². The van der Waals surface area contributed by atoms with E-state index in [1.54, 1.807) is 0 Å². The van der Waals surface area contributed by atoms with E-state index in [0.29, 0.717) is 18.3 Å². The Balaban J connectivity index is 2.00. The zero-order chi connectivity index (χ0) is 13.7. The Morgan fingerprint density at radius 3 is 2.84 bits per heavy atom. The molecule has 0 fully saturated rings. The van der Waals surface area contributed by atoms with Crippen molar-refractivity contribution >= 4 is 11.6 Å². The number of nitrogens with zero attached hydrogens (tertiary/aromatic N) is 3. The van der Waals surface area contributed by atoms with Crippen LogP contribution in [0.2, 0.25) is 5.02 Å². The molecule has 1 aromatic heterocycles. The molecule has 0 aliphatic rings. The normalized spacial score (nSPS) is 11.2. The SMILES string of the molecule is CCN(Cc1cccc(Cl)c1)Cc1noc(CN)n1. The molecule has 5 nitrogen and oxygen atoms in total. The molecule has 0 aliphatic carbocycles. The molecule has 0 radical (unpaired) electrons. The van der Waals surface area contributed by atoms with E-state index in [9.17, 15) is 0 Å². The van der Waals surface area contributed by atoms with Crippen molar-refractivity contribution in [2.45, 2.75) is 26.6 Å². The Kier molecular flexibility index (Phi) is 4.90. The molecule has 0 spiro atoms. The predicted molar refractivity (Wildman–Crippen MR) is 73.4 cm³/mol. The zero-order valence-corrected chi connectivity index (χ0v) is 11.6. The lowest BCUT2D eigenvalue weighted by atomic mass is 10.2. The van der Waals surface area contributed by atoms with Gasteiger partial charge in [-0.2, -0.15) is 4.98 Å². The van der Waals surface area contributed by atoms with E-state index in [1.807, 2.05) is 18.2 Å². The smallest absolute Gasteiger partial charge is 0.240 e. The minimum atomic E-state index is 0.271. The van der Waals surface area contributed by atoms with Crippen molar-refractivity contribution in [1.29, 1.82) is 0 Å². The van der Waals surface area contributed by atoms with Gasteiger partial charge in [0.15, 0.2) is 5.82 Å². The lowest BCUT2D eigenvalue weighted by Gasteiger charge is -2.18. The molecular formula is C13H17ClN4O. The molecule has 6 heteroatoms. The fourth-order valence-corrected chi connectivity index (χ4v) is 2.02. The molecule has 0 amide bonds. The van der Waals surface area contributed by atoms with E-state index in [4.69, 9.17) is 21.9 Å². The fraction of sp³-hybridized carbons (Fsp3) is 0.385. The first-order valence-corrected chi connectivity index (χ1v) is 6.57. The monoisotopic (exact) mass is 280 g/mol. The highest BCUT2D eigenvalue weighted by atomic mass is 35.5. The summed E-state index contributed by atoms with van der Waals surface area (Å²) in [6.45, 7) is 4.68. The van der Waals surface area contributed by atoms with Gasteiger partial charge in [-0.15, -0.1) is 0 Å². The number of aromatic nitrogens is 2. The fourth-order valence-electron chi connectivity index (χ4n) is 1.81. The van der Waals surface area contributed by atoms with Crippen molar-refractivity contribution in [2.75, 3.05) is 6.54 Å². The minimum absolute atomic E-state index is 0.271. The third-order valence-electron chi connectivity index (χ3n) is 2.79.